The van der Waals surface area contributed by atoms with Crippen molar-refractivity contribution in [2.75, 3.05) is 51.2 Å². The molecule has 1 aliphatic carbocycles. The highest BCUT2D eigenvalue weighted by Gasteiger charge is 2.37. The first-order valence-corrected chi connectivity index (χ1v) is 19.0. The summed E-state index contributed by atoms with van der Waals surface area (Å²) in [6, 6.07) is 12.2. The summed E-state index contributed by atoms with van der Waals surface area (Å²) in [6.07, 6.45) is 8.84. The largest absolute Gasteiger partial charge is 0.359 e. The van der Waals surface area contributed by atoms with Crippen molar-refractivity contribution in [3.63, 3.8) is 0 Å². The van der Waals surface area contributed by atoms with Crippen molar-refractivity contribution in [3.8, 4) is 11.4 Å². The number of aldehydes is 1. The van der Waals surface area contributed by atoms with E-state index < -0.39 is 0 Å². The highest BCUT2D eigenvalue weighted by atomic mass is 16.2. The zero-order valence-electron chi connectivity index (χ0n) is 31.4. The van der Waals surface area contributed by atoms with Crippen LogP contribution >= 0.6 is 0 Å². The molecule has 3 aliphatic rings. The summed E-state index contributed by atoms with van der Waals surface area (Å²) < 4.78 is 0. The average Bonchev–Trinajstić information content (AvgIpc) is 3.75. The zero-order valence-corrected chi connectivity index (χ0v) is 31.4. The maximum atomic E-state index is 13.9. The molecule has 0 bridgehead atoms. The van der Waals surface area contributed by atoms with Crippen LogP contribution in [0, 0.1) is 11.3 Å². The van der Waals surface area contributed by atoms with Gasteiger partial charge in [-0.3, -0.25) is 19.6 Å². The summed E-state index contributed by atoms with van der Waals surface area (Å²) >= 11 is 0. The second-order valence-electron chi connectivity index (χ2n) is 16.7. The molecule has 2 amide bonds. The topological polar surface area (TPSA) is 130 Å². The Hall–Kier alpha value is -4.51. The number of nitrogens with zero attached hydrogens (tertiary/aromatic N) is 5. The number of hydrogen-bond acceptors (Lipinski definition) is 7. The number of carbonyl (C=O) groups is 3. The fourth-order valence-electron chi connectivity index (χ4n) is 8.53. The molecule has 3 N–H and O–H groups in total. The molecule has 7 rings (SSSR count). The number of fused-ring (bicyclic) bond motifs is 2. The summed E-state index contributed by atoms with van der Waals surface area (Å²) in [4.78, 5) is 52.4. The van der Waals surface area contributed by atoms with E-state index in [1.165, 1.54) is 11.3 Å². The standard InChI is InChI=1S/C41H54N8O3/c1-40(2)15-12-32-35(22-40)45-46-38(32)34-20-28-6-7-29(21-33(28)44-34)39(52)48-18-19-49(41(3,4)26-48)24-27-13-16-47(17-14-27)36-10-8-30(23-43-36)31(25-50)9-11-37(51)42-5/h6-8,10,20-21,23,25,27,31,44H,9,11-19,22,24,26H2,1-5H3,(H,42,51)(H,45,46). The molecule has 0 saturated carbocycles. The summed E-state index contributed by atoms with van der Waals surface area (Å²) in [5, 5.41) is 11.7. The van der Waals surface area contributed by atoms with E-state index in [1.807, 2.05) is 29.2 Å². The number of rotatable bonds is 10. The number of aromatic nitrogens is 4. The molecule has 276 valence electrons. The van der Waals surface area contributed by atoms with Crippen molar-refractivity contribution in [3.05, 3.63) is 65.0 Å². The molecule has 2 fully saturated rings. The second-order valence-corrected chi connectivity index (χ2v) is 16.7. The Morgan fingerprint density at radius 3 is 2.58 bits per heavy atom. The molecule has 0 spiro atoms. The fraction of sp³-hybridized carbons (Fsp3) is 0.537. The van der Waals surface area contributed by atoms with E-state index in [0.717, 1.165) is 104 Å². The first kappa shape index (κ1) is 35.9. The number of anilines is 1. The van der Waals surface area contributed by atoms with Gasteiger partial charge in [0.2, 0.25) is 5.91 Å². The number of H-pyrrole nitrogens is 2. The fourth-order valence-corrected chi connectivity index (χ4v) is 8.53. The number of piperidine rings is 1. The molecule has 1 aromatic carbocycles. The molecule has 2 aliphatic heterocycles. The van der Waals surface area contributed by atoms with Gasteiger partial charge >= 0.3 is 0 Å². The van der Waals surface area contributed by atoms with Gasteiger partial charge in [0, 0.05) is 98.1 Å². The van der Waals surface area contributed by atoms with Gasteiger partial charge in [-0.25, -0.2) is 4.98 Å². The lowest BCUT2D eigenvalue weighted by Gasteiger charge is -2.49. The Morgan fingerprint density at radius 2 is 1.87 bits per heavy atom. The van der Waals surface area contributed by atoms with Crippen LogP contribution in [0.15, 0.2) is 42.6 Å². The predicted octanol–water partition coefficient (Wildman–Crippen LogP) is 5.73. The third-order valence-corrected chi connectivity index (χ3v) is 11.9. The van der Waals surface area contributed by atoms with Crippen LogP contribution in [0.3, 0.4) is 0 Å². The summed E-state index contributed by atoms with van der Waals surface area (Å²) in [5.74, 6) is 1.21. The lowest BCUT2D eigenvalue weighted by atomic mass is 9.76. The van der Waals surface area contributed by atoms with E-state index in [-0.39, 0.29) is 23.3 Å². The Labute approximate surface area is 306 Å². The molecule has 1 atom stereocenters. The number of aromatic amines is 2. The molecule has 52 heavy (non-hydrogen) atoms. The van der Waals surface area contributed by atoms with Gasteiger partial charge in [-0.15, -0.1) is 0 Å². The molecule has 3 aromatic heterocycles. The van der Waals surface area contributed by atoms with E-state index in [1.54, 1.807) is 13.2 Å². The quantitative estimate of drug-likeness (QED) is 0.180. The Balaban J connectivity index is 0.923. The number of hydrogen-bond donors (Lipinski definition) is 3. The zero-order chi connectivity index (χ0) is 36.6. The molecule has 2 saturated heterocycles. The van der Waals surface area contributed by atoms with Crippen molar-refractivity contribution in [2.45, 2.75) is 84.1 Å². The minimum Gasteiger partial charge on any atom is -0.359 e. The lowest BCUT2D eigenvalue weighted by Crippen LogP contribution is -2.61. The Kier molecular flexibility index (Phi) is 9.99. The third-order valence-electron chi connectivity index (χ3n) is 11.9. The summed E-state index contributed by atoms with van der Waals surface area (Å²) in [7, 11) is 1.61. The van der Waals surface area contributed by atoms with E-state index >= 15 is 0 Å². The number of amides is 2. The Bertz CT molecular complexity index is 1920. The van der Waals surface area contributed by atoms with Crippen LogP contribution < -0.4 is 10.2 Å². The van der Waals surface area contributed by atoms with E-state index in [9.17, 15) is 14.4 Å². The van der Waals surface area contributed by atoms with E-state index in [0.29, 0.717) is 37.3 Å². The van der Waals surface area contributed by atoms with Gasteiger partial charge in [0.15, 0.2) is 0 Å². The maximum Gasteiger partial charge on any atom is 0.254 e. The normalized spacial score (nSPS) is 19.7. The molecule has 1 unspecified atom stereocenters. The van der Waals surface area contributed by atoms with Crippen LogP contribution in [0.25, 0.3) is 22.3 Å². The first-order valence-electron chi connectivity index (χ1n) is 19.0. The van der Waals surface area contributed by atoms with Crippen molar-refractivity contribution < 1.29 is 14.4 Å². The van der Waals surface area contributed by atoms with Gasteiger partial charge in [0.1, 0.15) is 17.8 Å². The number of benzene rings is 1. The molecular weight excluding hydrogens is 653 g/mol. The van der Waals surface area contributed by atoms with Crippen LogP contribution in [-0.4, -0.2) is 99.9 Å². The van der Waals surface area contributed by atoms with E-state index in [4.69, 9.17) is 10.1 Å². The molecular formula is C41H54N8O3. The first-order chi connectivity index (χ1) is 24.9. The van der Waals surface area contributed by atoms with Gasteiger partial charge in [-0.1, -0.05) is 26.0 Å². The van der Waals surface area contributed by atoms with Gasteiger partial charge in [-0.2, -0.15) is 5.10 Å². The number of piperazine rings is 1. The van der Waals surface area contributed by atoms with Crippen LogP contribution in [0.2, 0.25) is 0 Å². The van der Waals surface area contributed by atoms with Crippen molar-refractivity contribution in [2.24, 2.45) is 11.3 Å². The highest BCUT2D eigenvalue weighted by Crippen LogP contribution is 2.38. The van der Waals surface area contributed by atoms with Gasteiger partial charge in [0.05, 0.1) is 5.69 Å². The van der Waals surface area contributed by atoms with Gasteiger partial charge < -0.3 is 24.9 Å². The average molecular weight is 707 g/mol. The number of pyridine rings is 1. The molecule has 11 nitrogen and oxygen atoms in total. The number of nitrogens with one attached hydrogen (secondary N) is 3. The molecule has 4 aromatic rings. The van der Waals surface area contributed by atoms with Crippen LogP contribution in [-0.2, 0) is 22.4 Å². The van der Waals surface area contributed by atoms with Crippen molar-refractivity contribution in [1.29, 1.82) is 0 Å². The maximum absolute atomic E-state index is 13.9. The van der Waals surface area contributed by atoms with Crippen molar-refractivity contribution in [1.82, 2.24) is 35.3 Å². The van der Waals surface area contributed by atoms with Gasteiger partial charge in [0.25, 0.3) is 5.91 Å². The van der Waals surface area contributed by atoms with Crippen LogP contribution in [0.5, 0.6) is 0 Å². The minimum atomic E-state index is -0.328. The second kappa shape index (κ2) is 14.5. The summed E-state index contributed by atoms with van der Waals surface area (Å²) in [5.41, 5.74) is 7.26. The highest BCUT2D eigenvalue weighted by molar-refractivity contribution is 5.99. The SMILES string of the molecule is CNC(=O)CCC(C=O)c1ccc(N2CCC(CN3CCN(C(=O)c4ccc5cc(-c6n[nH]c7c6CCC(C)(C)C7)[nH]c5c4)CC3(C)C)CC2)nc1. The summed E-state index contributed by atoms with van der Waals surface area (Å²) in [6.45, 7) is 14.3. The lowest BCUT2D eigenvalue weighted by molar-refractivity contribution is -0.120. The number of carbonyl (C=O) groups excluding carboxylic acids is 3. The molecule has 5 heterocycles. The third kappa shape index (κ3) is 7.51. The molecule has 0 radical (unpaired) electrons. The van der Waals surface area contributed by atoms with Gasteiger partial charge in [-0.05, 0) is 93.5 Å². The monoisotopic (exact) mass is 706 g/mol. The van der Waals surface area contributed by atoms with E-state index in [2.05, 4.69) is 65.0 Å². The molecule has 11 heteroatoms. The predicted molar refractivity (Wildman–Crippen MR) is 205 cm³/mol. The van der Waals surface area contributed by atoms with Crippen molar-refractivity contribution >= 4 is 34.8 Å². The Morgan fingerprint density at radius 1 is 1.06 bits per heavy atom. The minimum absolute atomic E-state index is 0.0638. The smallest absolute Gasteiger partial charge is 0.254 e. The van der Waals surface area contributed by atoms with Crippen LogP contribution in [0.1, 0.15) is 92.9 Å². The van der Waals surface area contributed by atoms with Crippen LogP contribution in [0.4, 0.5) is 5.82 Å².